The van der Waals surface area contributed by atoms with E-state index in [1.54, 1.807) is 12.1 Å². The number of nitrogens with one attached hydrogen (secondary N) is 1. The van der Waals surface area contributed by atoms with Crippen molar-refractivity contribution in [3.05, 3.63) is 65.2 Å². The maximum absolute atomic E-state index is 12.4. The first-order valence-electron chi connectivity index (χ1n) is 9.89. The Balaban J connectivity index is 1.58. The maximum Gasteiger partial charge on any atom is 0.241 e. The molecule has 0 bridgehead atoms. The van der Waals surface area contributed by atoms with E-state index in [4.69, 9.17) is 0 Å². The number of aryl methyl sites for hydroxylation is 1. The average molecular weight is 430 g/mol. The Bertz CT molecular complexity index is 1020. The van der Waals surface area contributed by atoms with Crippen LogP contribution >= 0.6 is 0 Å². The molecule has 1 aliphatic heterocycles. The van der Waals surface area contributed by atoms with Gasteiger partial charge in [-0.15, -0.1) is 0 Å². The third-order valence-electron chi connectivity index (χ3n) is 5.13. The number of amides is 2. The molecule has 1 aliphatic rings. The lowest BCUT2D eigenvalue weighted by Gasteiger charge is -2.23. The van der Waals surface area contributed by atoms with Gasteiger partial charge in [0.2, 0.25) is 21.8 Å². The molecule has 1 saturated heterocycles. The van der Waals surface area contributed by atoms with Crippen LogP contribution in [0.3, 0.4) is 0 Å². The van der Waals surface area contributed by atoms with Crippen molar-refractivity contribution in [3.8, 4) is 0 Å². The van der Waals surface area contributed by atoms with Gasteiger partial charge in [-0.2, -0.15) is 0 Å². The summed E-state index contributed by atoms with van der Waals surface area (Å²) in [5.41, 5.74) is 3.23. The normalized spacial score (nSPS) is 14.1. The Morgan fingerprint density at radius 1 is 1.10 bits per heavy atom. The lowest BCUT2D eigenvalue weighted by atomic mass is 10.1. The summed E-state index contributed by atoms with van der Waals surface area (Å²) in [7, 11) is -3.60. The third kappa shape index (κ3) is 5.60. The first-order valence-corrected chi connectivity index (χ1v) is 11.7. The van der Waals surface area contributed by atoms with Gasteiger partial charge in [-0.25, -0.2) is 8.42 Å². The zero-order valence-electron chi connectivity index (χ0n) is 17.3. The molecule has 3 rings (SSSR count). The second-order valence-electron chi connectivity index (χ2n) is 7.57. The Labute approximate surface area is 177 Å². The molecule has 0 unspecified atom stereocenters. The Morgan fingerprint density at radius 2 is 1.77 bits per heavy atom. The fraction of sp³-hybridized carbons (Fsp3) is 0.364. The van der Waals surface area contributed by atoms with Crippen molar-refractivity contribution in [1.29, 1.82) is 0 Å². The van der Waals surface area contributed by atoms with Crippen molar-refractivity contribution < 1.29 is 18.0 Å². The van der Waals surface area contributed by atoms with Crippen molar-refractivity contribution in [3.63, 3.8) is 0 Å². The Hall–Kier alpha value is -2.87. The van der Waals surface area contributed by atoms with Gasteiger partial charge >= 0.3 is 0 Å². The largest absolute Gasteiger partial charge is 0.350 e. The molecule has 0 aliphatic carbocycles. The number of carbonyl (C=O) groups excluding carboxylic acids is 2. The highest BCUT2D eigenvalue weighted by Crippen LogP contribution is 2.21. The quantitative estimate of drug-likeness (QED) is 0.697. The second-order valence-corrected chi connectivity index (χ2v) is 9.48. The molecule has 0 radical (unpaired) electrons. The van der Waals surface area contributed by atoms with Gasteiger partial charge < -0.3 is 10.2 Å². The third-order valence-corrected chi connectivity index (χ3v) is 6.26. The van der Waals surface area contributed by atoms with Crippen LogP contribution in [-0.4, -0.2) is 44.5 Å². The van der Waals surface area contributed by atoms with Gasteiger partial charge in [0.25, 0.3) is 0 Å². The van der Waals surface area contributed by atoms with Crippen molar-refractivity contribution in [1.82, 2.24) is 10.2 Å². The van der Waals surface area contributed by atoms with Gasteiger partial charge in [-0.3, -0.25) is 13.9 Å². The van der Waals surface area contributed by atoms with E-state index < -0.39 is 10.0 Å². The van der Waals surface area contributed by atoms with Crippen LogP contribution in [0.4, 0.5) is 5.69 Å². The summed E-state index contributed by atoms with van der Waals surface area (Å²) in [5.74, 6) is -0.189. The number of likely N-dealkylation sites (tertiary alicyclic amines) is 1. The number of hydrogen-bond donors (Lipinski definition) is 1. The number of carbonyl (C=O) groups is 2. The standard InChI is InChI=1S/C22H27N3O4S/c1-17-6-3-4-7-20(17)25(30(2,28)29)16-21(26)23-14-18-9-11-19(12-10-18)15-24-13-5-8-22(24)27/h3-4,6-7,9-12H,5,8,13-16H2,1-2H3,(H,23,26). The van der Waals surface area contributed by atoms with E-state index >= 15 is 0 Å². The van der Waals surface area contributed by atoms with Crippen molar-refractivity contribution in [2.75, 3.05) is 23.7 Å². The molecule has 0 aromatic heterocycles. The minimum absolute atomic E-state index is 0.190. The molecular formula is C22H27N3O4S. The van der Waals surface area contributed by atoms with E-state index in [0.29, 0.717) is 25.2 Å². The van der Waals surface area contributed by atoms with Gasteiger partial charge in [0, 0.05) is 26.1 Å². The first-order chi connectivity index (χ1) is 14.2. The topological polar surface area (TPSA) is 86.8 Å². The van der Waals surface area contributed by atoms with E-state index in [1.807, 2.05) is 48.2 Å². The van der Waals surface area contributed by atoms with Crippen LogP contribution in [0.25, 0.3) is 0 Å². The average Bonchev–Trinajstić information content (AvgIpc) is 3.10. The number of nitrogens with zero attached hydrogens (tertiary/aromatic N) is 2. The van der Waals surface area contributed by atoms with Gasteiger partial charge in [0.05, 0.1) is 11.9 Å². The number of rotatable bonds is 8. The van der Waals surface area contributed by atoms with Gasteiger partial charge in [0.1, 0.15) is 6.54 Å². The molecule has 2 amide bonds. The van der Waals surface area contributed by atoms with E-state index in [9.17, 15) is 18.0 Å². The molecule has 1 fully saturated rings. The van der Waals surface area contributed by atoms with Crippen molar-refractivity contribution in [2.24, 2.45) is 0 Å². The highest BCUT2D eigenvalue weighted by Gasteiger charge is 2.22. The number of sulfonamides is 1. The van der Waals surface area contributed by atoms with E-state index in [1.165, 1.54) is 0 Å². The lowest BCUT2D eigenvalue weighted by molar-refractivity contribution is -0.128. The van der Waals surface area contributed by atoms with E-state index in [-0.39, 0.29) is 18.4 Å². The van der Waals surface area contributed by atoms with Crippen LogP contribution in [0.2, 0.25) is 0 Å². The van der Waals surface area contributed by atoms with Crippen LogP contribution in [0.15, 0.2) is 48.5 Å². The number of benzene rings is 2. The predicted octanol–water partition coefficient (Wildman–Crippen LogP) is 2.20. The minimum atomic E-state index is -3.60. The summed E-state index contributed by atoms with van der Waals surface area (Å²) in [4.78, 5) is 26.0. The van der Waals surface area contributed by atoms with Crippen molar-refractivity contribution >= 4 is 27.5 Å². The van der Waals surface area contributed by atoms with E-state index in [0.717, 1.165) is 40.2 Å². The number of hydrogen-bond acceptors (Lipinski definition) is 4. The predicted molar refractivity (Wildman–Crippen MR) is 116 cm³/mol. The SMILES string of the molecule is Cc1ccccc1N(CC(=O)NCc1ccc(CN2CCCC2=O)cc1)S(C)(=O)=O. The maximum atomic E-state index is 12.4. The minimum Gasteiger partial charge on any atom is -0.350 e. The monoisotopic (exact) mass is 429 g/mol. The summed E-state index contributed by atoms with van der Waals surface area (Å²) >= 11 is 0. The highest BCUT2D eigenvalue weighted by molar-refractivity contribution is 7.92. The van der Waals surface area contributed by atoms with Gasteiger partial charge in [0.15, 0.2) is 0 Å². The molecule has 0 saturated carbocycles. The fourth-order valence-electron chi connectivity index (χ4n) is 3.47. The molecule has 7 nitrogen and oxygen atoms in total. The lowest BCUT2D eigenvalue weighted by Crippen LogP contribution is -2.40. The molecule has 160 valence electrons. The van der Waals surface area contributed by atoms with Crippen molar-refractivity contribution in [2.45, 2.75) is 32.9 Å². The van der Waals surface area contributed by atoms with Crippen LogP contribution < -0.4 is 9.62 Å². The fourth-order valence-corrected chi connectivity index (χ4v) is 4.38. The highest BCUT2D eigenvalue weighted by atomic mass is 32.2. The van der Waals surface area contributed by atoms with Gasteiger partial charge in [-0.05, 0) is 36.1 Å². The van der Waals surface area contributed by atoms with Gasteiger partial charge in [-0.1, -0.05) is 42.5 Å². The first kappa shape index (κ1) is 21.8. The van der Waals surface area contributed by atoms with Crippen LogP contribution in [0.5, 0.6) is 0 Å². The van der Waals surface area contributed by atoms with Crippen LogP contribution in [-0.2, 0) is 32.7 Å². The molecule has 0 atom stereocenters. The molecule has 30 heavy (non-hydrogen) atoms. The van der Waals surface area contributed by atoms with Crippen LogP contribution in [0, 0.1) is 6.92 Å². The number of anilines is 1. The Morgan fingerprint density at radius 3 is 2.37 bits per heavy atom. The molecule has 1 heterocycles. The zero-order valence-corrected chi connectivity index (χ0v) is 18.1. The van der Waals surface area contributed by atoms with Crippen LogP contribution in [0.1, 0.15) is 29.5 Å². The summed E-state index contributed by atoms with van der Waals surface area (Å²) in [6.07, 6.45) is 2.63. The smallest absolute Gasteiger partial charge is 0.241 e. The molecular weight excluding hydrogens is 402 g/mol. The Kier molecular flexibility index (Phi) is 6.77. The summed E-state index contributed by atoms with van der Waals surface area (Å²) in [6.45, 7) is 3.23. The zero-order chi connectivity index (χ0) is 21.7. The molecule has 8 heteroatoms. The summed E-state index contributed by atoms with van der Waals surface area (Å²) in [5, 5.41) is 2.78. The van der Waals surface area contributed by atoms with E-state index in [2.05, 4.69) is 5.32 Å². The second kappa shape index (κ2) is 9.30. The molecule has 2 aromatic rings. The summed E-state index contributed by atoms with van der Waals surface area (Å²) in [6, 6.07) is 14.8. The molecule has 0 spiro atoms. The molecule has 2 aromatic carbocycles. The molecule has 1 N–H and O–H groups in total. The number of para-hydroxylation sites is 1. The summed E-state index contributed by atoms with van der Waals surface area (Å²) < 4.78 is 25.5.